The minimum Gasteiger partial charge on any atom is -0.506 e. The zero-order valence-electron chi connectivity index (χ0n) is 11.3. The van der Waals surface area contributed by atoms with E-state index >= 15 is 0 Å². The molecule has 0 unspecified atom stereocenters. The summed E-state index contributed by atoms with van der Waals surface area (Å²) in [6.45, 7) is 0. The summed E-state index contributed by atoms with van der Waals surface area (Å²) in [6.07, 6.45) is 3.10. The number of aromatic hydroxyl groups is 1. The quantitative estimate of drug-likeness (QED) is 0.847. The highest BCUT2D eigenvalue weighted by molar-refractivity contribution is 6.32. The Hall–Kier alpha value is -2.46. The van der Waals surface area contributed by atoms with Gasteiger partial charge < -0.3 is 15.2 Å². The third kappa shape index (κ3) is 4.26. The predicted molar refractivity (Wildman–Crippen MR) is 83.8 cm³/mol. The zero-order chi connectivity index (χ0) is 15.2. The van der Waals surface area contributed by atoms with E-state index in [9.17, 15) is 9.90 Å². The number of anilines is 1. The van der Waals surface area contributed by atoms with Gasteiger partial charge in [0, 0.05) is 17.8 Å². The molecule has 5 heteroatoms. The van der Waals surface area contributed by atoms with Crippen molar-refractivity contribution in [1.29, 1.82) is 0 Å². The van der Waals surface area contributed by atoms with Gasteiger partial charge in [-0.3, -0.25) is 4.79 Å². The van der Waals surface area contributed by atoms with Crippen LogP contribution in [0.25, 0.3) is 6.08 Å². The first-order chi connectivity index (χ1) is 10.1. The molecule has 0 aliphatic rings. The van der Waals surface area contributed by atoms with Crippen molar-refractivity contribution in [2.24, 2.45) is 0 Å². The van der Waals surface area contributed by atoms with Gasteiger partial charge in [-0.1, -0.05) is 23.7 Å². The van der Waals surface area contributed by atoms with E-state index in [0.29, 0.717) is 5.69 Å². The molecule has 1 amide bonds. The molecule has 0 aliphatic carbocycles. The van der Waals surface area contributed by atoms with Gasteiger partial charge in [0.15, 0.2) is 0 Å². The molecule has 0 heterocycles. The van der Waals surface area contributed by atoms with E-state index in [1.807, 2.05) is 24.3 Å². The van der Waals surface area contributed by atoms with E-state index in [2.05, 4.69) is 5.32 Å². The van der Waals surface area contributed by atoms with E-state index in [-0.39, 0.29) is 16.7 Å². The first kappa shape index (κ1) is 14.9. The fourth-order valence-electron chi connectivity index (χ4n) is 1.66. The lowest BCUT2D eigenvalue weighted by atomic mass is 10.2. The second-order valence-electron chi connectivity index (χ2n) is 4.26. The number of halogens is 1. The van der Waals surface area contributed by atoms with Crippen molar-refractivity contribution in [2.45, 2.75) is 0 Å². The number of phenols is 1. The smallest absolute Gasteiger partial charge is 0.248 e. The first-order valence-electron chi connectivity index (χ1n) is 6.20. The van der Waals surface area contributed by atoms with Crippen molar-refractivity contribution in [2.75, 3.05) is 12.4 Å². The molecule has 0 aromatic heterocycles. The minimum atomic E-state index is -0.299. The lowest BCUT2D eigenvalue weighted by molar-refractivity contribution is -0.111. The molecule has 0 fully saturated rings. The molecule has 2 aromatic carbocycles. The van der Waals surface area contributed by atoms with Crippen LogP contribution in [-0.2, 0) is 4.79 Å². The average molecular weight is 304 g/mol. The summed E-state index contributed by atoms with van der Waals surface area (Å²) in [6, 6.07) is 11.8. The topological polar surface area (TPSA) is 58.6 Å². The second-order valence-corrected chi connectivity index (χ2v) is 4.67. The number of rotatable bonds is 4. The van der Waals surface area contributed by atoms with Crippen molar-refractivity contribution in [3.8, 4) is 11.5 Å². The van der Waals surface area contributed by atoms with Crippen LogP contribution in [0, 0.1) is 0 Å². The van der Waals surface area contributed by atoms with Crippen LogP contribution >= 0.6 is 11.6 Å². The molecular formula is C16H14ClNO3. The second kappa shape index (κ2) is 6.81. The number of hydrogen-bond acceptors (Lipinski definition) is 3. The molecule has 2 rings (SSSR count). The van der Waals surface area contributed by atoms with Crippen LogP contribution in [0.1, 0.15) is 5.56 Å². The highest BCUT2D eigenvalue weighted by Crippen LogP contribution is 2.26. The molecule has 21 heavy (non-hydrogen) atoms. The number of ether oxygens (including phenoxy) is 1. The molecular weight excluding hydrogens is 290 g/mol. The summed E-state index contributed by atoms with van der Waals surface area (Å²) in [5.74, 6) is 0.384. The Morgan fingerprint density at radius 1 is 1.24 bits per heavy atom. The van der Waals surface area contributed by atoms with E-state index < -0.39 is 0 Å². The van der Waals surface area contributed by atoms with Crippen molar-refractivity contribution >= 4 is 29.3 Å². The Morgan fingerprint density at radius 2 is 1.95 bits per heavy atom. The number of nitrogens with one attached hydrogen (secondary N) is 1. The van der Waals surface area contributed by atoms with Crippen LogP contribution in [0.4, 0.5) is 5.69 Å². The Morgan fingerprint density at radius 3 is 2.57 bits per heavy atom. The molecule has 0 aliphatic heterocycles. The number of carbonyl (C=O) groups is 1. The fourth-order valence-corrected chi connectivity index (χ4v) is 1.78. The normalized spacial score (nSPS) is 10.6. The molecule has 0 saturated heterocycles. The number of carbonyl (C=O) groups excluding carboxylic acids is 1. The maximum Gasteiger partial charge on any atom is 0.248 e. The SMILES string of the molecule is COc1ccc(C=CC(=O)Nc2ccc(Cl)c(O)c2)cc1. The van der Waals surface area contributed by atoms with Gasteiger partial charge in [0.05, 0.1) is 12.1 Å². The fraction of sp³-hybridized carbons (Fsp3) is 0.0625. The largest absolute Gasteiger partial charge is 0.506 e. The van der Waals surface area contributed by atoms with Gasteiger partial charge in [-0.25, -0.2) is 0 Å². The molecule has 0 saturated carbocycles. The monoisotopic (exact) mass is 303 g/mol. The van der Waals surface area contributed by atoms with Crippen LogP contribution in [0.15, 0.2) is 48.5 Å². The lowest BCUT2D eigenvalue weighted by Gasteiger charge is -2.04. The zero-order valence-corrected chi connectivity index (χ0v) is 12.1. The van der Waals surface area contributed by atoms with Gasteiger partial charge in [0.25, 0.3) is 0 Å². The van der Waals surface area contributed by atoms with E-state index in [1.165, 1.54) is 18.2 Å². The molecule has 0 radical (unpaired) electrons. The van der Waals surface area contributed by atoms with Gasteiger partial charge in [-0.05, 0) is 35.9 Å². The lowest BCUT2D eigenvalue weighted by Crippen LogP contribution is -2.07. The number of phenolic OH excluding ortho intramolecular Hbond substituents is 1. The van der Waals surface area contributed by atoms with Crippen LogP contribution < -0.4 is 10.1 Å². The summed E-state index contributed by atoms with van der Waals surface area (Å²) in [7, 11) is 1.60. The van der Waals surface area contributed by atoms with Crippen molar-refractivity contribution in [3.05, 3.63) is 59.1 Å². The third-order valence-corrected chi connectivity index (χ3v) is 3.08. The predicted octanol–water partition coefficient (Wildman–Crippen LogP) is 3.71. The standard InChI is InChI=1S/C16H14ClNO3/c1-21-13-6-2-11(3-7-13)4-9-16(20)18-12-5-8-14(17)15(19)10-12/h2-10,19H,1H3,(H,18,20). The van der Waals surface area contributed by atoms with E-state index in [0.717, 1.165) is 11.3 Å². The van der Waals surface area contributed by atoms with Crippen LogP contribution in [-0.4, -0.2) is 18.1 Å². The summed E-state index contributed by atoms with van der Waals surface area (Å²) in [5.41, 5.74) is 1.35. The molecule has 0 bridgehead atoms. The third-order valence-electron chi connectivity index (χ3n) is 2.76. The highest BCUT2D eigenvalue weighted by atomic mass is 35.5. The number of amides is 1. The highest BCUT2D eigenvalue weighted by Gasteiger charge is 2.02. The van der Waals surface area contributed by atoms with E-state index in [1.54, 1.807) is 19.3 Å². The molecule has 2 aromatic rings. The van der Waals surface area contributed by atoms with Gasteiger partial charge >= 0.3 is 0 Å². The minimum absolute atomic E-state index is 0.0754. The molecule has 0 atom stereocenters. The average Bonchev–Trinajstić information content (AvgIpc) is 2.49. The number of benzene rings is 2. The summed E-state index contributed by atoms with van der Waals surface area (Å²) in [4.78, 5) is 11.8. The molecule has 4 nitrogen and oxygen atoms in total. The van der Waals surface area contributed by atoms with E-state index in [4.69, 9.17) is 16.3 Å². The van der Waals surface area contributed by atoms with Gasteiger partial charge in [0.1, 0.15) is 11.5 Å². The van der Waals surface area contributed by atoms with Crippen LogP contribution in [0.2, 0.25) is 5.02 Å². The van der Waals surface area contributed by atoms with Crippen molar-refractivity contribution < 1.29 is 14.6 Å². The summed E-state index contributed by atoms with van der Waals surface area (Å²) < 4.78 is 5.06. The molecule has 2 N–H and O–H groups in total. The Labute approximate surface area is 127 Å². The molecule has 108 valence electrons. The summed E-state index contributed by atoms with van der Waals surface area (Å²) in [5, 5.41) is 12.3. The Balaban J connectivity index is 1.99. The van der Waals surface area contributed by atoms with Gasteiger partial charge in [0.2, 0.25) is 5.91 Å². The Bertz CT molecular complexity index is 666. The van der Waals surface area contributed by atoms with Crippen LogP contribution in [0.5, 0.6) is 11.5 Å². The van der Waals surface area contributed by atoms with Crippen LogP contribution in [0.3, 0.4) is 0 Å². The molecule has 0 spiro atoms. The van der Waals surface area contributed by atoms with Gasteiger partial charge in [-0.15, -0.1) is 0 Å². The number of methoxy groups -OCH3 is 1. The maximum absolute atomic E-state index is 11.8. The Kier molecular flexibility index (Phi) is 4.85. The van der Waals surface area contributed by atoms with Crippen molar-refractivity contribution in [1.82, 2.24) is 0 Å². The maximum atomic E-state index is 11.8. The number of hydrogen-bond donors (Lipinski definition) is 2. The summed E-state index contributed by atoms with van der Waals surface area (Å²) >= 11 is 5.70. The first-order valence-corrected chi connectivity index (χ1v) is 6.58. The van der Waals surface area contributed by atoms with Crippen molar-refractivity contribution in [3.63, 3.8) is 0 Å². The van der Waals surface area contributed by atoms with Gasteiger partial charge in [-0.2, -0.15) is 0 Å².